The predicted octanol–water partition coefficient (Wildman–Crippen LogP) is 2.48. The fourth-order valence-corrected chi connectivity index (χ4v) is 4.00. The number of nitrogens with zero attached hydrogens (tertiary/aromatic N) is 4. The molecule has 0 saturated carbocycles. The van der Waals surface area contributed by atoms with Gasteiger partial charge in [0.1, 0.15) is 0 Å². The zero-order chi connectivity index (χ0) is 18.6. The Morgan fingerprint density at radius 1 is 1.37 bits per heavy atom. The number of hydrogen-bond donors (Lipinski definition) is 1. The molecule has 27 heavy (non-hydrogen) atoms. The molecule has 8 nitrogen and oxygen atoms in total. The molecule has 3 heterocycles. The molecule has 140 valence electrons. The van der Waals surface area contributed by atoms with Crippen molar-refractivity contribution in [1.29, 1.82) is 0 Å². The van der Waals surface area contributed by atoms with Crippen LogP contribution in [-0.4, -0.2) is 38.7 Å². The standard InChI is InChI=1S/C17H17N5O3S2/c1-11(12-4-5-14-15(7-12)25-10-24-14)18-16(23)9-27-17-19-20-21-22(17)8-13-3-2-6-26-13/h2-7,11H,8-10H2,1H3,(H,18,23). The fraction of sp³-hybridized carbons (Fsp3) is 0.294. The lowest BCUT2D eigenvalue weighted by molar-refractivity contribution is -0.119. The smallest absolute Gasteiger partial charge is 0.231 e. The Morgan fingerprint density at radius 2 is 2.26 bits per heavy atom. The number of thioether (sulfide) groups is 1. The summed E-state index contributed by atoms with van der Waals surface area (Å²) in [5.41, 5.74) is 0.958. The molecule has 0 radical (unpaired) electrons. The minimum absolute atomic E-state index is 0.0872. The first-order chi connectivity index (χ1) is 13.2. The number of thiophene rings is 1. The van der Waals surface area contributed by atoms with Crippen LogP contribution in [0.5, 0.6) is 11.5 Å². The molecule has 4 rings (SSSR count). The molecule has 1 amide bonds. The lowest BCUT2D eigenvalue weighted by Gasteiger charge is -2.14. The Hall–Kier alpha value is -2.59. The fourth-order valence-electron chi connectivity index (χ4n) is 2.63. The monoisotopic (exact) mass is 403 g/mol. The van der Waals surface area contributed by atoms with Crippen molar-refractivity contribution < 1.29 is 14.3 Å². The number of amides is 1. The minimum atomic E-state index is -0.144. The van der Waals surface area contributed by atoms with Gasteiger partial charge in [0.15, 0.2) is 11.5 Å². The Kier molecular flexibility index (Phi) is 5.26. The number of carbonyl (C=O) groups is 1. The van der Waals surface area contributed by atoms with Crippen molar-refractivity contribution in [2.45, 2.75) is 24.7 Å². The van der Waals surface area contributed by atoms with Crippen LogP contribution in [0.4, 0.5) is 0 Å². The van der Waals surface area contributed by atoms with E-state index in [-0.39, 0.29) is 24.5 Å². The number of benzene rings is 1. The van der Waals surface area contributed by atoms with Crippen molar-refractivity contribution in [1.82, 2.24) is 25.5 Å². The first-order valence-electron chi connectivity index (χ1n) is 8.29. The highest BCUT2D eigenvalue weighted by molar-refractivity contribution is 7.99. The first kappa shape index (κ1) is 17.8. The van der Waals surface area contributed by atoms with E-state index in [0.717, 1.165) is 16.2 Å². The van der Waals surface area contributed by atoms with Crippen molar-refractivity contribution in [2.24, 2.45) is 0 Å². The molecule has 3 aromatic rings. The van der Waals surface area contributed by atoms with Crippen LogP contribution in [0.2, 0.25) is 0 Å². The van der Waals surface area contributed by atoms with Crippen LogP contribution >= 0.6 is 23.1 Å². The Morgan fingerprint density at radius 3 is 3.11 bits per heavy atom. The molecule has 1 aliphatic rings. The van der Waals surface area contributed by atoms with Crippen molar-refractivity contribution in [2.75, 3.05) is 12.5 Å². The maximum Gasteiger partial charge on any atom is 0.231 e. The summed E-state index contributed by atoms with van der Waals surface area (Å²) in [7, 11) is 0. The topological polar surface area (TPSA) is 91.2 Å². The number of hydrogen-bond acceptors (Lipinski definition) is 8. The van der Waals surface area contributed by atoms with Crippen LogP contribution in [0, 0.1) is 0 Å². The van der Waals surface area contributed by atoms with Gasteiger partial charge in [0.25, 0.3) is 0 Å². The summed E-state index contributed by atoms with van der Waals surface area (Å²) in [6.45, 7) is 2.76. The van der Waals surface area contributed by atoms with E-state index in [1.807, 2.05) is 42.6 Å². The second-order valence-electron chi connectivity index (χ2n) is 5.89. The number of nitrogens with one attached hydrogen (secondary N) is 1. The van der Waals surface area contributed by atoms with E-state index < -0.39 is 0 Å². The van der Waals surface area contributed by atoms with E-state index in [0.29, 0.717) is 17.5 Å². The van der Waals surface area contributed by atoms with E-state index in [9.17, 15) is 4.79 Å². The molecule has 1 atom stereocenters. The predicted molar refractivity (Wildman–Crippen MR) is 101 cm³/mol. The molecule has 2 aromatic heterocycles. The van der Waals surface area contributed by atoms with Crippen LogP contribution in [0.1, 0.15) is 23.4 Å². The van der Waals surface area contributed by atoms with Crippen molar-refractivity contribution in [3.05, 3.63) is 46.2 Å². The molecular formula is C17H17N5O3S2. The highest BCUT2D eigenvalue weighted by Crippen LogP contribution is 2.34. The van der Waals surface area contributed by atoms with Gasteiger partial charge in [-0.3, -0.25) is 4.79 Å². The Bertz CT molecular complexity index is 929. The lowest BCUT2D eigenvalue weighted by atomic mass is 10.1. The van der Waals surface area contributed by atoms with E-state index in [1.54, 1.807) is 16.0 Å². The molecule has 1 aromatic carbocycles. The quantitative estimate of drug-likeness (QED) is 0.606. The molecule has 1 aliphatic heterocycles. The van der Waals surface area contributed by atoms with Crippen molar-refractivity contribution in [3.8, 4) is 11.5 Å². The van der Waals surface area contributed by atoms with E-state index in [2.05, 4.69) is 20.8 Å². The third-order valence-corrected chi connectivity index (χ3v) is 5.81. The van der Waals surface area contributed by atoms with Crippen LogP contribution in [0.15, 0.2) is 40.9 Å². The van der Waals surface area contributed by atoms with Crippen LogP contribution in [0.3, 0.4) is 0 Å². The average Bonchev–Trinajstić information content (AvgIpc) is 3.42. The van der Waals surface area contributed by atoms with E-state index in [1.165, 1.54) is 11.8 Å². The van der Waals surface area contributed by atoms with Gasteiger partial charge in [0, 0.05) is 4.88 Å². The minimum Gasteiger partial charge on any atom is -0.454 e. The second kappa shape index (κ2) is 7.97. The molecule has 0 spiro atoms. The van der Waals surface area contributed by atoms with Gasteiger partial charge in [-0.05, 0) is 46.5 Å². The number of tetrazole rings is 1. The number of aromatic nitrogens is 4. The largest absolute Gasteiger partial charge is 0.454 e. The zero-order valence-electron chi connectivity index (χ0n) is 14.5. The van der Waals surface area contributed by atoms with Gasteiger partial charge in [-0.25, -0.2) is 4.68 Å². The summed E-state index contributed by atoms with van der Waals surface area (Å²) in [6, 6.07) is 9.54. The van der Waals surface area contributed by atoms with Crippen molar-refractivity contribution >= 4 is 29.0 Å². The summed E-state index contributed by atoms with van der Waals surface area (Å²) in [6.07, 6.45) is 0. The number of ether oxygens (including phenoxy) is 2. The zero-order valence-corrected chi connectivity index (χ0v) is 16.1. The van der Waals surface area contributed by atoms with Crippen LogP contribution in [0.25, 0.3) is 0 Å². The maximum absolute atomic E-state index is 12.3. The van der Waals surface area contributed by atoms with Crippen LogP contribution < -0.4 is 14.8 Å². The molecule has 10 heteroatoms. The second-order valence-corrected chi connectivity index (χ2v) is 7.86. The summed E-state index contributed by atoms with van der Waals surface area (Å²) in [5, 5.41) is 17.3. The van der Waals surface area contributed by atoms with Gasteiger partial charge >= 0.3 is 0 Å². The summed E-state index contributed by atoms with van der Waals surface area (Å²) < 4.78 is 12.4. The van der Waals surface area contributed by atoms with Gasteiger partial charge in [-0.1, -0.05) is 23.9 Å². The van der Waals surface area contributed by atoms with Crippen molar-refractivity contribution in [3.63, 3.8) is 0 Å². The highest BCUT2D eigenvalue weighted by Gasteiger charge is 2.17. The summed E-state index contributed by atoms with van der Waals surface area (Å²) >= 11 is 2.96. The molecule has 0 fully saturated rings. The van der Waals surface area contributed by atoms with Gasteiger partial charge < -0.3 is 14.8 Å². The molecule has 0 aliphatic carbocycles. The molecule has 0 saturated heterocycles. The SMILES string of the molecule is CC(NC(=O)CSc1nnnn1Cc1cccs1)c1ccc2c(c1)OCO2. The number of fused-ring (bicyclic) bond motifs is 1. The third-order valence-electron chi connectivity index (χ3n) is 3.99. The average molecular weight is 403 g/mol. The normalized spacial score (nSPS) is 13.5. The first-order valence-corrected chi connectivity index (χ1v) is 10.2. The maximum atomic E-state index is 12.3. The third kappa shape index (κ3) is 4.22. The highest BCUT2D eigenvalue weighted by atomic mass is 32.2. The van der Waals surface area contributed by atoms with Gasteiger partial charge in [0.05, 0.1) is 18.3 Å². The Balaban J connectivity index is 1.32. The lowest BCUT2D eigenvalue weighted by Crippen LogP contribution is -2.28. The van der Waals surface area contributed by atoms with E-state index >= 15 is 0 Å². The van der Waals surface area contributed by atoms with Gasteiger partial charge in [-0.15, -0.1) is 16.4 Å². The molecular weight excluding hydrogens is 386 g/mol. The Labute approximate surface area is 163 Å². The summed E-state index contributed by atoms with van der Waals surface area (Å²) in [5.74, 6) is 1.58. The number of carbonyl (C=O) groups excluding carboxylic acids is 1. The molecule has 0 bridgehead atoms. The molecule has 1 N–H and O–H groups in total. The van der Waals surface area contributed by atoms with Gasteiger partial charge in [0.2, 0.25) is 17.9 Å². The van der Waals surface area contributed by atoms with Crippen LogP contribution in [-0.2, 0) is 11.3 Å². The van der Waals surface area contributed by atoms with E-state index in [4.69, 9.17) is 9.47 Å². The van der Waals surface area contributed by atoms with Gasteiger partial charge in [-0.2, -0.15) is 0 Å². The summed E-state index contributed by atoms with van der Waals surface area (Å²) in [4.78, 5) is 13.5. The molecule has 1 unspecified atom stereocenters. The number of rotatable bonds is 7.